The van der Waals surface area contributed by atoms with Gasteiger partial charge in [0.05, 0.1) is 29.6 Å². The molecule has 0 radical (unpaired) electrons. The fraction of sp³-hybridized carbons (Fsp3) is 0.591. The van der Waals surface area contributed by atoms with Gasteiger partial charge in [-0.2, -0.15) is 15.2 Å². The van der Waals surface area contributed by atoms with Gasteiger partial charge in [0, 0.05) is 38.0 Å². The number of para-hydroxylation sites is 1. The lowest BCUT2D eigenvalue weighted by molar-refractivity contribution is 0.107. The number of aromatic nitrogens is 2. The number of halogens is 1. The molecule has 1 unspecified atom stereocenters. The largest absolute Gasteiger partial charge is 0.461 e. The van der Waals surface area contributed by atoms with Crippen molar-refractivity contribution in [3.63, 3.8) is 0 Å². The number of hydrogen-bond donors (Lipinski definition) is 1. The van der Waals surface area contributed by atoms with E-state index in [2.05, 4.69) is 26.2 Å². The molecule has 0 spiro atoms. The number of anilines is 1. The Hall–Kier alpha value is -2.50. The van der Waals surface area contributed by atoms with Crippen LogP contribution in [0, 0.1) is 11.3 Å². The SMILES string of the molecule is N#CCC1CNCCN1c1nc(OC[C@@]23CCCN2C[C@H](F)C3)nc2ccccc12. The molecular formula is C22H27FN6O. The Kier molecular flexibility index (Phi) is 5.17. The van der Waals surface area contributed by atoms with Crippen LogP contribution in [0.3, 0.4) is 0 Å². The summed E-state index contributed by atoms with van der Waals surface area (Å²) in [5, 5.41) is 13.6. The van der Waals surface area contributed by atoms with E-state index in [9.17, 15) is 9.65 Å². The molecule has 3 aliphatic rings. The predicted molar refractivity (Wildman–Crippen MR) is 112 cm³/mol. The van der Waals surface area contributed by atoms with Crippen LogP contribution in [0.1, 0.15) is 25.7 Å². The van der Waals surface area contributed by atoms with E-state index >= 15 is 0 Å². The maximum absolute atomic E-state index is 14.1. The van der Waals surface area contributed by atoms with Crippen molar-refractivity contribution in [1.82, 2.24) is 20.2 Å². The smallest absolute Gasteiger partial charge is 0.319 e. The minimum Gasteiger partial charge on any atom is -0.461 e. The zero-order valence-corrected chi connectivity index (χ0v) is 17.1. The average molecular weight is 410 g/mol. The first-order chi connectivity index (χ1) is 14.7. The first kappa shape index (κ1) is 19.5. The van der Waals surface area contributed by atoms with E-state index in [0.717, 1.165) is 55.7 Å². The van der Waals surface area contributed by atoms with Gasteiger partial charge in [-0.05, 0) is 31.5 Å². The summed E-state index contributed by atoms with van der Waals surface area (Å²) in [7, 11) is 0. The Bertz CT molecular complexity index is 964. The van der Waals surface area contributed by atoms with Crippen LogP contribution >= 0.6 is 0 Å². The van der Waals surface area contributed by atoms with E-state index in [4.69, 9.17) is 9.72 Å². The number of alkyl halides is 1. The van der Waals surface area contributed by atoms with Gasteiger partial charge in [0.25, 0.3) is 0 Å². The summed E-state index contributed by atoms with van der Waals surface area (Å²) in [4.78, 5) is 13.9. The second kappa shape index (κ2) is 7.97. The third-order valence-electron chi connectivity index (χ3n) is 6.74. The second-order valence-corrected chi connectivity index (χ2v) is 8.62. The summed E-state index contributed by atoms with van der Waals surface area (Å²) < 4.78 is 20.2. The summed E-state index contributed by atoms with van der Waals surface area (Å²) >= 11 is 0. The highest BCUT2D eigenvalue weighted by atomic mass is 19.1. The van der Waals surface area contributed by atoms with E-state index in [0.29, 0.717) is 32.0 Å². The molecule has 3 atom stereocenters. The van der Waals surface area contributed by atoms with Gasteiger partial charge < -0.3 is 15.0 Å². The van der Waals surface area contributed by atoms with Crippen LogP contribution in [0.4, 0.5) is 10.2 Å². The number of hydrogen-bond acceptors (Lipinski definition) is 7. The number of fused-ring (bicyclic) bond motifs is 2. The van der Waals surface area contributed by atoms with Crippen molar-refractivity contribution < 1.29 is 9.13 Å². The van der Waals surface area contributed by atoms with Gasteiger partial charge in [0.2, 0.25) is 0 Å². The van der Waals surface area contributed by atoms with Crippen molar-refractivity contribution in [1.29, 1.82) is 5.26 Å². The lowest BCUT2D eigenvalue weighted by Gasteiger charge is -2.36. The topological polar surface area (TPSA) is 77.3 Å². The molecule has 30 heavy (non-hydrogen) atoms. The van der Waals surface area contributed by atoms with Gasteiger partial charge in [0.1, 0.15) is 18.6 Å². The molecule has 5 rings (SSSR count). The summed E-state index contributed by atoms with van der Waals surface area (Å²) in [6, 6.07) is 10.6. The predicted octanol–water partition coefficient (Wildman–Crippen LogP) is 2.28. The van der Waals surface area contributed by atoms with E-state index in [1.54, 1.807) is 0 Å². The van der Waals surface area contributed by atoms with E-state index in [-0.39, 0.29) is 11.6 Å². The average Bonchev–Trinajstić information content (AvgIpc) is 3.28. The fourth-order valence-electron chi connectivity index (χ4n) is 5.30. The monoisotopic (exact) mass is 410 g/mol. The summed E-state index contributed by atoms with van der Waals surface area (Å²) in [5.74, 6) is 0.813. The standard InChI is InChI=1S/C22H27FN6O/c23-16-12-22(7-3-10-28(22)14-16)15-30-21-26-19-5-2-1-4-18(19)20(27-21)29-11-9-25-13-17(29)6-8-24/h1-2,4-5,16-17,25H,3,6-7,9-15H2/t16-,17?,22+/m1/s1. The van der Waals surface area contributed by atoms with Gasteiger partial charge in [-0.3, -0.25) is 4.90 Å². The quantitative estimate of drug-likeness (QED) is 0.810. The summed E-state index contributed by atoms with van der Waals surface area (Å²) in [5.41, 5.74) is 0.592. The van der Waals surface area contributed by atoms with Crippen molar-refractivity contribution in [3.8, 4) is 12.1 Å². The Labute approximate surface area is 175 Å². The Morgan fingerprint density at radius 2 is 2.20 bits per heavy atom. The van der Waals surface area contributed by atoms with Crippen molar-refractivity contribution in [3.05, 3.63) is 24.3 Å². The minimum atomic E-state index is -0.783. The second-order valence-electron chi connectivity index (χ2n) is 8.62. The van der Waals surface area contributed by atoms with Crippen molar-refractivity contribution in [2.45, 2.75) is 43.4 Å². The lowest BCUT2D eigenvalue weighted by Crippen LogP contribution is -2.51. The van der Waals surface area contributed by atoms with Crippen LogP contribution < -0.4 is 15.0 Å². The molecule has 1 N–H and O–H groups in total. The number of rotatable bonds is 5. The van der Waals surface area contributed by atoms with Crippen LogP contribution in [0.2, 0.25) is 0 Å². The maximum atomic E-state index is 14.1. The Morgan fingerprint density at radius 1 is 1.30 bits per heavy atom. The molecule has 4 heterocycles. The van der Waals surface area contributed by atoms with Gasteiger partial charge in [-0.25, -0.2) is 4.39 Å². The lowest BCUT2D eigenvalue weighted by atomic mass is 9.95. The normalized spacial score (nSPS) is 29.1. The molecule has 0 saturated carbocycles. The Morgan fingerprint density at radius 3 is 3.10 bits per heavy atom. The van der Waals surface area contributed by atoms with Gasteiger partial charge in [0.15, 0.2) is 0 Å². The van der Waals surface area contributed by atoms with Crippen LogP contribution in [0.25, 0.3) is 10.9 Å². The van der Waals surface area contributed by atoms with Crippen molar-refractivity contribution in [2.75, 3.05) is 44.2 Å². The first-order valence-electron chi connectivity index (χ1n) is 10.8. The molecule has 3 fully saturated rings. The highest BCUT2D eigenvalue weighted by Crippen LogP contribution is 2.40. The molecule has 1 aromatic heterocycles. The van der Waals surface area contributed by atoms with E-state index in [1.807, 2.05) is 24.3 Å². The molecule has 3 aliphatic heterocycles. The molecule has 158 valence electrons. The third kappa shape index (κ3) is 3.46. The summed E-state index contributed by atoms with van der Waals surface area (Å²) in [6.07, 6.45) is 2.20. The first-order valence-corrected chi connectivity index (χ1v) is 10.8. The van der Waals surface area contributed by atoms with Crippen LogP contribution in [0.5, 0.6) is 6.01 Å². The highest BCUT2D eigenvalue weighted by Gasteiger charge is 2.49. The minimum absolute atomic E-state index is 0.0564. The van der Waals surface area contributed by atoms with Crippen LogP contribution in [-0.2, 0) is 0 Å². The van der Waals surface area contributed by atoms with Crippen LogP contribution in [-0.4, -0.2) is 72.0 Å². The number of piperazine rings is 1. The number of nitrogens with zero attached hydrogens (tertiary/aromatic N) is 5. The van der Waals surface area contributed by atoms with Gasteiger partial charge in [-0.15, -0.1) is 0 Å². The molecular weight excluding hydrogens is 383 g/mol. The molecule has 0 bridgehead atoms. The molecule has 0 amide bonds. The van der Waals surface area contributed by atoms with Gasteiger partial charge in [-0.1, -0.05) is 12.1 Å². The molecule has 7 nitrogen and oxygen atoms in total. The number of benzene rings is 1. The number of ether oxygens (including phenoxy) is 1. The number of nitrogens with one attached hydrogen (secondary N) is 1. The zero-order chi connectivity index (χ0) is 20.6. The fourth-order valence-corrected chi connectivity index (χ4v) is 5.30. The zero-order valence-electron chi connectivity index (χ0n) is 17.1. The molecule has 1 aromatic carbocycles. The molecule has 0 aliphatic carbocycles. The van der Waals surface area contributed by atoms with Crippen molar-refractivity contribution >= 4 is 16.7 Å². The Balaban J connectivity index is 1.46. The summed E-state index contributed by atoms with van der Waals surface area (Å²) in [6.45, 7) is 4.21. The molecule has 8 heteroatoms. The highest BCUT2D eigenvalue weighted by molar-refractivity contribution is 5.90. The molecule has 2 aromatic rings. The van der Waals surface area contributed by atoms with Crippen molar-refractivity contribution in [2.24, 2.45) is 0 Å². The van der Waals surface area contributed by atoms with E-state index < -0.39 is 6.17 Å². The van der Waals surface area contributed by atoms with Gasteiger partial charge >= 0.3 is 6.01 Å². The van der Waals surface area contributed by atoms with E-state index in [1.165, 1.54) is 0 Å². The third-order valence-corrected chi connectivity index (χ3v) is 6.74. The maximum Gasteiger partial charge on any atom is 0.319 e. The van der Waals surface area contributed by atoms with Crippen LogP contribution in [0.15, 0.2) is 24.3 Å². The number of nitriles is 1. The molecule has 3 saturated heterocycles.